The Balaban J connectivity index is 2.08. The van der Waals surface area contributed by atoms with Crippen molar-refractivity contribution in [3.05, 3.63) is 72.2 Å². The Bertz CT molecular complexity index is 1540. The largest absolute Gasteiger partial charge is 0.444 e. The Morgan fingerprint density at radius 3 is 2.32 bits per heavy atom. The molecule has 1 heterocycles. The van der Waals surface area contributed by atoms with E-state index in [1.54, 1.807) is 26.8 Å². The molecule has 0 saturated carbocycles. The quantitative estimate of drug-likeness (QED) is 0.409. The molecule has 2 aromatic carbocycles. The van der Waals surface area contributed by atoms with E-state index in [4.69, 9.17) is 4.74 Å². The van der Waals surface area contributed by atoms with Gasteiger partial charge < -0.3 is 9.64 Å². The van der Waals surface area contributed by atoms with Crippen LogP contribution < -0.4 is 4.72 Å². The van der Waals surface area contributed by atoms with Crippen LogP contribution in [0.2, 0.25) is 0 Å². The minimum atomic E-state index is -4.32. The molecule has 0 unspecified atom stereocenters. The fraction of sp³-hybridized carbons (Fsp3) is 0.346. The van der Waals surface area contributed by atoms with Crippen molar-refractivity contribution in [2.24, 2.45) is 0 Å². The standard InChI is InChI=1S/C26H32FN3O6S2/c1-18(2)37(32,33)28-20-10-9-11-21(15-20)38(34,35)30-17-19(16-29(6)25(31)36-26(3,4)5)14-24(30)22-12-7-8-13-23(22)27/h7-15,17-18,28H,16H2,1-6H3. The minimum absolute atomic E-state index is 0.00683. The van der Waals surface area contributed by atoms with Crippen LogP contribution in [0, 0.1) is 5.82 Å². The molecule has 0 aliphatic rings. The van der Waals surface area contributed by atoms with Gasteiger partial charge in [0.05, 0.1) is 22.4 Å². The van der Waals surface area contributed by atoms with E-state index in [1.165, 1.54) is 80.5 Å². The fourth-order valence-electron chi connectivity index (χ4n) is 3.44. The van der Waals surface area contributed by atoms with Crippen molar-refractivity contribution in [3.8, 4) is 11.3 Å². The molecule has 0 spiro atoms. The van der Waals surface area contributed by atoms with Gasteiger partial charge in [-0.15, -0.1) is 0 Å². The van der Waals surface area contributed by atoms with E-state index in [-0.39, 0.29) is 28.4 Å². The topological polar surface area (TPSA) is 115 Å². The second-order valence-electron chi connectivity index (χ2n) is 10.1. The molecule has 0 radical (unpaired) electrons. The lowest BCUT2D eigenvalue weighted by atomic mass is 10.1. The van der Waals surface area contributed by atoms with Crippen molar-refractivity contribution in [2.75, 3.05) is 11.8 Å². The molecule has 3 aromatic rings. The molecule has 1 amide bonds. The number of aromatic nitrogens is 1. The molecule has 0 fully saturated rings. The summed E-state index contributed by atoms with van der Waals surface area (Å²) in [5, 5.41) is -0.732. The highest BCUT2D eigenvalue weighted by Crippen LogP contribution is 2.30. The lowest BCUT2D eigenvalue weighted by Crippen LogP contribution is -2.33. The van der Waals surface area contributed by atoms with Gasteiger partial charge in [0.2, 0.25) is 10.0 Å². The third kappa shape index (κ3) is 6.73. The van der Waals surface area contributed by atoms with E-state index >= 15 is 0 Å². The van der Waals surface area contributed by atoms with Crippen molar-refractivity contribution < 1.29 is 30.8 Å². The second-order valence-corrected chi connectivity index (χ2v) is 14.1. The third-order valence-electron chi connectivity index (χ3n) is 5.39. The highest BCUT2D eigenvalue weighted by Gasteiger charge is 2.26. The summed E-state index contributed by atoms with van der Waals surface area (Å²) in [4.78, 5) is 13.5. The first-order valence-corrected chi connectivity index (χ1v) is 14.8. The van der Waals surface area contributed by atoms with E-state index in [0.29, 0.717) is 5.56 Å². The normalized spacial score (nSPS) is 12.4. The van der Waals surface area contributed by atoms with Gasteiger partial charge in [0, 0.05) is 24.5 Å². The van der Waals surface area contributed by atoms with Gasteiger partial charge in [0.1, 0.15) is 11.4 Å². The minimum Gasteiger partial charge on any atom is -0.444 e. The van der Waals surface area contributed by atoms with Gasteiger partial charge in [-0.2, -0.15) is 0 Å². The number of hydrogen-bond acceptors (Lipinski definition) is 6. The van der Waals surface area contributed by atoms with Crippen molar-refractivity contribution in [1.82, 2.24) is 8.87 Å². The van der Waals surface area contributed by atoms with E-state index in [2.05, 4.69) is 4.72 Å². The van der Waals surface area contributed by atoms with Crippen LogP contribution in [0.4, 0.5) is 14.9 Å². The highest BCUT2D eigenvalue weighted by atomic mass is 32.2. The summed E-state index contributed by atoms with van der Waals surface area (Å²) < 4.78 is 75.6. The van der Waals surface area contributed by atoms with Gasteiger partial charge in [0.25, 0.3) is 10.0 Å². The Kier molecular flexibility index (Phi) is 8.27. The average molecular weight is 566 g/mol. The SMILES string of the molecule is CC(C)S(=O)(=O)Nc1cccc(S(=O)(=O)n2cc(CN(C)C(=O)OC(C)(C)C)cc2-c2ccccc2F)c1. The number of amides is 1. The highest BCUT2D eigenvalue weighted by molar-refractivity contribution is 7.93. The van der Waals surface area contributed by atoms with E-state index < -0.39 is 42.8 Å². The maximum Gasteiger partial charge on any atom is 0.410 e. The number of hydrogen-bond donors (Lipinski definition) is 1. The summed E-state index contributed by atoms with van der Waals surface area (Å²) in [6, 6.07) is 12.6. The number of rotatable bonds is 8. The average Bonchev–Trinajstić information content (AvgIpc) is 3.22. The molecule has 0 aliphatic heterocycles. The number of nitrogens with zero attached hydrogens (tertiary/aromatic N) is 2. The van der Waals surface area contributed by atoms with Crippen LogP contribution in [0.5, 0.6) is 0 Å². The van der Waals surface area contributed by atoms with Crippen LogP contribution in [-0.4, -0.2) is 49.7 Å². The summed E-state index contributed by atoms with van der Waals surface area (Å²) >= 11 is 0. The second kappa shape index (κ2) is 10.8. The number of carbonyl (C=O) groups excluding carboxylic acids is 1. The van der Waals surface area contributed by atoms with Crippen molar-refractivity contribution >= 4 is 31.8 Å². The van der Waals surface area contributed by atoms with E-state index in [9.17, 15) is 26.0 Å². The van der Waals surface area contributed by atoms with Crippen LogP contribution in [0.25, 0.3) is 11.3 Å². The first-order valence-electron chi connectivity index (χ1n) is 11.8. The summed E-state index contributed by atoms with van der Waals surface area (Å²) in [7, 11) is -6.53. The molecule has 38 heavy (non-hydrogen) atoms. The predicted molar refractivity (Wildman–Crippen MR) is 144 cm³/mol. The van der Waals surface area contributed by atoms with Crippen LogP contribution >= 0.6 is 0 Å². The lowest BCUT2D eigenvalue weighted by Gasteiger charge is -2.24. The molecule has 1 aromatic heterocycles. The first kappa shape index (κ1) is 29.2. The number of sulfonamides is 1. The Labute approximate surface area is 223 Å². The zero-order valence-corrected chi connectivity index (χ0v) is 23.7. The smallest absolute Gasteiger partial charge is 0.410 e. The summed E-state index contributed by atoms with van der Waals surface area (Å²) in [5.74, 6) is -0.632. The van der Waals surface area contributed by atoms with Gasteiger partial charge in [-0.05, 0) is 76.6 Å². The fourth-order valence-corrected chi connectivity index (χ4v) is 5.57. The van der Waals surface area contributed by atoms with Crippen molar-refractivity contribution in [3.63, 3.8) is 0 Å². The molecular weight excluding hydrogens is 533 g/mol. The first-order chi connectivity index (χ1) is 17.5. The number of carbonyl (C=O) groups is 1. The van der Waals surface area contributed by atoms with Crippen molar-refractivity contribution in [2.45, 2.75) is 56.9 Å². The third-order valence-corrected chi connectivity index (χ3v) is 8.82. The van der Waals surface area contributed by atoms with Crippen LogP contribution in [-0.2, 0) is 31.3 Å². The molecule has 3 rings (SSSR count). The van der Waals surface area contributed by atoms with Gasteiger partial charge >= 0.3 is 6.09 Å². The summed E-state index contributed by atoms with van der Waals surface area (Å²) in [6.45, 7) is 8.18. The van der Waals surface area contributed by atoms with Gasteiger partial charge in [0.15, 0.2) is 0 Å². The zero-order valence-electron chi connectivity index (χ0n) is 22.1. The molecule has 0 aliphatic carbocycles. The predicted octanol–water partition coefficient (Wildman–Crippen LogP) is 5.05. The molecule has 0 saturated heterocycles. The number of halogens is 1. The summed E-state index contributed by atoms with van der Waals surface area (Å²) in [6.07, 6.45) is 0.703. The molecule has 1 N–H and O–H groups in total. The van der Waals surface area contributed by atoms with E-state index in [1.807, 2.05) is 0 Å². The number of anilines is 1. The van der Waals surface area contributed by atoms with Gasteiger partial charge in [-0.25, -0.2) is 30.0 Å². The van der Waals surface area contributed by atoms with Crippen LogP contribution in [0.3, 0.4) is 0 Å². The van der Waals surface area contributed by atoms with Crippen LogP contribution in [0.1, 0.15) is 40.2 Å². The Morgan fingerprint density at radius 1 is 1.05 bits per heavy atom. The molecule has 0 bridgehead atoms. The monoisotopic (exact) mass is 565 g/mol. The molecular formula is C26H32FN3O6S2. The molecule has 206 valence electrons. The zero-order chi connectivity index (χ0) is 28.5. The lowest BCUT2D eigenvalue weighted by molar-refractivity contribution is 0.0285. The molecule has 12 heteroatoms. The number of benzene rings is 2. The Morgan fingerprint density at radius 2 is 1.71 bits per heavy atom. The van der Waals surface area contributed by atoms with Gasteiger partial charge in [-0.1, -0.05) is 18.2 Å². The maximum absolute atomic E-state index is 14.8. The maximum atomic E-state index is 14.8. The van der Waals surface area contributed by atoms with Crippen molar-refractivity contribution in [1.29, 1.82) is 0 Å². The molecule has 0 atom stereocenters. The number of nitrogens with one attached hydrogen (secondary N) is 1. The number of ether oxygens (including phenoxy) is 1. The van der Waals surface area contributed by atoms with Gasteiger partial charge in [-0.3, -0.25) is 4.72 Å². The van der Waals surface area contributed by atoms with E-state index in [0.717, 1.165) is 3.97 Å². The van der Waals surface area contributed by atoms with Crippen LogP contribution in [0.15, 0.2) is 65.7 Å². The summed E-state index contributed by atoms with van der Waals surface area (Å²) in [5.41, 5.74) is -0.148. The molecule has 9 nitrogen and oxygen atoms in total. The Hall–Kier alpha value is -3.38.